The van der Waals surface area contributed by atoms with E-state index in [2.05, 4.69) is 0 Å². The zero-order valence-electron chi connectivity index (χ0n) is 11.5. The molecule has 0 heterocycles. The summed E-state index contributed by atoms with van der Waals surface area (Å²) in [6, 6.07) is 0. The Morgan fingerprint density at radius 1 is 0.737 bits per heavy atom. The molecular weight excluding hydrogens is 286 g/mol. The van der Waals surface area contributed by atoms with Gasteiger partial charge in [-0.2, -0.15) is 0 Å². The topological polar surface area (TPSA) is 87.0 Å². The van der Waals surface area contributed by atoms with Crippen LogP contribution in [-0.2, 0) is 8.88 Å². The van der Waals surface area contributed by atoms with Crippen LogP contribution in [0.2, 0.25) is 0 Å². The molecule has 0 saturated heterocycles. The highest BCUT2D eigenvalue weighted by Gasteiger charge is 2.39. The molecule has 0 bridgehead atoms. The Kier molecular flexibility index (Phi) is 13.6. The van der Waals surface area contributed by atoms with Gasteiger partial charge in [-0.05, 0) is 38.5 Å². The predicted octanol–water partition coefficient (Wildman–Crippen LogP) is 2.46. The highest BCUT2D eigenvalue weighted by Crippen LogP contribution is 2.64. The van der Waals surface area contributed by atoms with Gasteiger partial charge in [-0.25, -0.2) is 4.57 Å². The molecule has 0 amide bonds. The molecule has 7 heteroatoms. The lowest BCUT2D eigenvalue weighted by Gasteiger charge is -2.22. The molecule has 0 atom stereocenters. The highest BCUT2D eigenvalue weighted by atomic mass is 31.2. The SMILES string of the molecule is O=PO[P+](CCCCO)(CCCCO)CCCCO. The van der Waals surface area contributed by atoms with Crippen molar-refractivity contribution < 1.29 is 24.2 Å². The first kappa shape index (κ1) is 19.4. The van der Waals surface area contributed by atoms with E-state index in [1.54, 1.807) is 0 Å². The number of rotatable bonds is 14. The molecule has 114 valence electrons. The van der Waals surface area contributed by atoms with Crippen molar-refractivity contribution in [2.24, 2.45) is 0 Å². The number of aliphatic hydroxyl groups excluding tert-OH is 3. The van der Waals surface area contributed by atoms with E-state index in [1.165, 1.54) is 0 Å². The van der Waals surface area contributed by atoms with Crippen LogP contribution in [0, 0.1) is 0 Å². The van der Waals surface area contributed by atoms with Crippen LogP contribution in [0.1, 0.15) is 38.5 Å². The fourth-order valence-electron chi connectivity index (χ4n) is 2.06. The second-order valence-corrected chi connectivity index (χ2v) is 8.94. The summed E-state index contributed by atoms with van der Waals surface area (Å²) in [4.78, 5) is 0. The number of hydrogen-bond acceptors (Lipinski definition) is 5. The van der Waals surface area contributed by atoms with E-state index in [9.17, 15) is 4.57 Å². The minimum atomic E-state index is -1.74. The van der Waals surface area contributed by atoms with Crippen molar-refractivity contribution in [3.63, 3.8) is 0 Å². The summed E-state index contributed by atoms with van der Waals surface area (Å²) in [5.41, 5.74) is 0. The Balaban J connectivity index is 4.42. The number of aliphatic hydroxyl groups is 3. The van der Waals surface area contributed by atoms with Gasteiger partial charge in [0.25, 0.3) is 0 Å². The van der Waals surface area contributed by atoms with E-state index >= 15 is 0 Å². The third-order valence-electron chi connectivity index (χ3n) is 3.13. The molecule has 0 saturated carbocycles. The molecule has 0 aliphatic rings. The molecule has 0 spiro atoms. The molecule has 0 aliphatic carbocycles. The monoisotopic (exact) mass is 313 g/mol. The largest absolute Gasteiger partial charge is 0.396 e. The van der Waals surface area contributed by atoms with Crippen LogP contribution in [0.3, 0.4) is 0 Å². The van der Waals surface area contributed by atoms with Crippen molar-refractivity contribution in [2.75, 3.05) is 38.3 Å². The Bertz CT molecular complexity index is 190. The summed E-state index contributed by atoms with van der Waals surface area (Å²) in [7, 11) is -2.02. The maximum absolute atomic E-state index is 10.9. The lowest BCUT2D eigenvalue weighted by molar-refractivity contribution is 0.285. The first-order chi connectivity index (χ1) is 9.24. The van der Waals surface area contributed by atoms with Gasteiger partial charge in [-0.15, -0.1) is 4.31 Å². The maximum atomic E-state index is 10.9. The van der Waals surface area contributed by atoms with Crippen molar-refractivity contribution in [3.05, 3.63) is 0 Å². The van der Waals surface area contributed by atoms with Crippen LogP contribution in [-0.4, -0.2) is 53.6 Å². The van der Waals surface area contributed by atoms with Crippen LogP contribution in [0.15, 0.2) is 0 Å². The summed E-state index contributed by atoms with van der Waals surface area (Å²) in [5.74, 6) is 0. The standard InChI is InChI=1S/C12H27O5P2/c13-7-1-4-10-19(17-18-16,11-5-2-8-14)12-6-3-9-15/h13-15H,1-12H2/q+1. The van der Waals surface area contributed by atoms with Crippen molar-refractivity contribution in [3.8, 4) is 0 Å². The molecule has 0 aliphatic heterocycles. The van der Waals surface area contributed by atoms with Gasteiger partial charge in [0, 0.05) is 19.8 Å². The molecule has 0 fully saturated rings. The molecular formula is C12H27O5P2+. The van der Waals surface area contributed by atoms with Gasteiger partial charge in [0.15, 0.2) is 7.49 Å². The second-order valence-electron chi connectivity index (χ2n) is 4.68. The first-order valence-corrected chi connectivity index (χ1v) is 9.94. The smallest absolute Gasteiger partial charge is 0.368 e. The third-order valence-corrected chi connectivity index (χ3v) is 8.17. The molecule has 0 rings (SSSR count). The van der Waals surface area contributed by atoms with E-state index in [-0.39, 0.29) is 28.5 Å². The van der Waals surface area contributed by atoms with Gasteiger partial charge in [0.05, 0.1) is 18.5 Å². The first-order valence-electron chi connectivity index (χ1n) is 6.95. The lowest BCUT2D eigenvalue weighted by Crippen LogP contribution is -2.10. The fraction of sp³-hybridized carbons (Fsp3) is 1.00. The van der Waals surface area contributed by atoms with Crippen molar-refractivity contribution >= 4 is 16.2 Å². The number of hydrogen-bond donors (Lipinski definition) is 3. The summed E-state index contributed by atoms with van der Waals surface area (Å²) in [6.45, 7) is 0.507. The molecule has 19 heavy (non-hydrogen) atoms. The van der Waals surface area contributed by atoms with Crippen LogP contribution in [0.25, 0.3) is 0 Å². The Hall–Kier alpha value is 0.370. The average Bonchev–Trinajstić information content (AvgIpc) is 2.40. The molecule has 0 aromatic carbocycles. The molecule has 3 N–H and O–H groups in total. The minimum absolute atomic E-state index is 0.169. The van der Waals surface area contributed by atoms with E-state index in [4.69, 9.17) is 19.6 Å². The maximum Gasteiger partial charge on any atom is 0.368 e. The van der Waals surface area contributed by atoms with Crippen molar-refractivity contribution in [1.29, 1.82) is 0 Å². The fourth-order valence-corrected chi connectivity index (χ4v) is 6.68. The van der Waals surface area contributed by atoms with Gasteiger partial charge in [0.2, 0.25) is 0 Å². The van der Waals surface area contributed by atoms with Crippen molar-refractivity contribution in [2.45, 2.75) is 38.5 Å². The van der Waals surface area contributed by atoms with E-state index in [0.29, 0.717) is 0 Å². The summed E-state index contributed by atoms with van der Waals surface area (Å²) < 4.78 is 16.4. The molecule has 5 nitrogen and oxygen atoms in total. The van der Waals surface area contributed by atoms with Gasteiger partial charge < -0.3 is 15.3 Å². The molecule has 0 aromatic heterocycles. The Labute approximate surface area is 118 Å². The van der Waals surface area contributed by atoms with Gasteiger partial charge in [-0.3, -0.25) is 0 Å². The Morgan fingerprint density at radius 2 is 1.11 bits per heavy atom. The molecule has 0 aromatic rings. The van der Waals surface area contributed by atoms with E-state index in [1.807, 2.05) is 0 Å². The second kappa shape index (κ2) is 13.4. The molecule has 0 radical (unpaired) electrons. The zero-order valence-corrected chi connectivity index (χ0v) is 13.3. The van der Waals surface area contributed by atoms with Gasteiger partial charge in [0.1, 0.15) is 0 Å². The highest BCUT2D eigenvalue weighted by molar-refractivity contribution is 7.74. The normalized spacial score (nSPS) is 12.2. The van der Waals surface area contributed by atoms with Crippen LogP contribution in [0.5, 0.6) is 0 Å². The van der Waals surface area contributed by atoms with E-state index < -0.39 is 7.49 Å². The summed E-state index contributed by atoms with van der Waals surface area (Å²) >= 11 is 0. The predicted molar refractivity (Wildman–Crippen MR) is 79.2 cm³/mol. The molecule has 0 unspecified atom stereocenters. The van der Waals surface area contributed by atoms with Gasteiger partial charge >= 0.3 is 8.69 Å². The van der Waals surface area contributed by atoms with Gasteiger partial charge in [-0.1, -0.05) is 0 Å². The van der Waals surface area contributed by atoms with Crippen LogP contribution >= 0.6 is 16.2 Å². The Morgan fingerprint density at radius 3 is 1.37 bits per heavy atom. The zero-order chi connectivity index (χ0) is 14.4. The van der Waals surface area contributed by atoms with Crippen LogP contribution in [0.4, 0.5) is 0 Å². The average molecular weight is 313 g/mol. The minimum Gasteiger partial charge on any atom is -0.396 e. The summed E-state index contributed by atoms with van der Waals surface area (Å²) in [6.07, 6.45) is 7.41. The van der Waals surface area contributed by atoms with Crippen molar-refractivity contribution in [1.82, 2.24) is 0 Å². The quantitative estimate of drug-likeness (QED) is 0.339. The lowest BCUT2D eigenvalue weighted by atomic mass is 10.3. The third kappa shape index (κ3) is 9.84. The van der Waals surface area contributed by atoms with E-state index in [0.717, 1.165) is 57.0 Å². The van der Waals surface area contributed by atoms with Crippen LogP contribution < -0.4 is 0 Å². The number of unbranched alkanes of at least 4 members (excludes halogenated alkanes) is 3. The summed E-state index contributed by atoms with van der Waals surface area (Å²) in [5, 5.41) is 26.6.